The fraction of sp³-hybridized carbons (Fsp3) is 0.200. The van der Waals surface area contributed by atoms with Crippen molar-refractivity contribution in [3.63, 3.8) is 0 Å². The Morgan fingerprint density at radius 3 is 2.22 bits per heavy atom. The van der Waals surface area contributed by atoms with E-state index in [0.717, 1.165) is 9.20 Å². The number of nitro groups is 1. The van der Waals surface area contributed by atoms with Gasteiger partial charge >= 0.3 is 0 Å². The average Bonchev–Trinajstić information content (AvgIpc) is 2.91. The third-order valence-electron chi connectivity index (χ3n) is 5.21. The van der Waals surface area contributed by atoms with Crippen molar-refractivity contribution in [2.45, 2.75) is 23.6 Å². The van der Waals surface area contributed by atoms with Crippen molar-refractivity contribution < 1.29 is 22.9 Å². The van der Waals surface area contributed by atoms with Crippen LogP contribution in [0.4, 0.5) is 11.4 Å². The molecular formula is C25H26N4O6S2. The molecule has 0 heterocycles. The molecule has 0 aromatic heterocycles. The van der Waals surface area contributed by atoms with E-state index in [-0.39, 0.29) is 16.3 Å². The zero-order chi connectivity index (χ0) is 27.0. The fourth-order valence-electron chi connectivity index (χ4n) is 3.27. The largest absolute Gasteiger partial charge is 0.494 e. The van der Waals surface area contributed by atoms with Gasteiger partial charge in [0.1, 0.15) is 12.3 Å². The lowest BCUT2D eigenvalue weighted by Gasteiger charge is -2.24. The standard InChI is InChI=1S/C25H26N4O6S2/c1-4-35-22-11-9-20(10-12-22)28(37(33,34)24-15-13-23(36-3)14-16-24)17-25(30)27-26-18(2)19-5-7-21(8-6-19)29(31)32/h5-16H,4,17H2,1-3H3,(H,27,30)/b26-18-. The number of hydrogen-bond acceptors (Lipinski definition) is 8. The SMILES string of the molecule is CCOc1ccc(N(CC(=O)N/N=C(/C)c2ccc([N+](=O)[O-])cc2)S(=O)(=O)c2ccc(SC)cc2)cc1. The third-order valence-corrected chi connectivity index (χ3v) is 7.75. The molecule has 3 aromatic rings. The maximum Gasteiger partial charge on any atom is 0.269 e. The lowest BCUT2D eigenvalue weighted by molar-refractivity contribution is -0.384. The molecule has 1 N–H and O–H groups in total. The second-order valence-corrected chi connectivity index (χ2v) is 10.4. The van der Waals surface area contributed by atoms with Crippen LogP contribution in [0.15, 0.2) is 87.7 Å². The van der Waals surface area contributed by atoms with Crippen LogP contribution in [0.3, 0.4) is 0 Å². The van der Waals surface area contributed by atoms with Gasteiger partial charge in [0.25, 0.3) is 21.6 Å². The Morgan fingerprint density at radius 1 is 1.05 bits per heavy atom. The summed E-state index contributed by atoms with van der Waals surface area (Å²) in [6, 6.07) is 18.5. The Hall–Kier alpha value is -3.90. The fourth-order valence-corrected chi connectivity index (χ4v) is 5.10. The Labute approximate surface area is 219 Å². The molecule has 0 aliphatic rings. The maximum atomic E-state index is 13.5. The van der Waals surface area contributed by atoms with Gasteiger partial charge in [-0.1, -0.05) is 0 Å². The number of nitro benzene ring substituents is 1. The molecule has 194 valence electrons. The molecule has 3 aromatic carbocycles. The van der Waals surface area contributed by atoms with E-state index >= 15 is 0 Å². The van der Waals surface area contributed by atoms with Crippen LogP contribution in [0, 0.1) is 10.1 Å². The topological polar surface area (TPSA) is 131 Å². The molecule has 0 aliphatic carbocycles. The van der Waals surface area contributed by atoms with Gasteiger partial charge in [-0.25, -0.2) is 13.8 Å². The first-order chi connectivity index (χ1) is 17.6. The summed E-state index contributed by atoms with van der Waals surface area (Å²) in [7, 11) is -4.09. The third kappa shape index (κ3) is 7.08. The number of anilines is 1. The maximum absolute atomic E-state index is 13.5. The molecule has 0 saturated carbocycles. The number of hydrazone groups is 1. The minimum absolute atomic E-state index is 0.0394. The molecule has 12 heteroatoms. The van der Waals surface area contributed by atoms with Gasteiger partial charge in [-0.15, -0.1) is 11.8 Å². The summed E-state index contributed by atoms with van der Waals surface area (Å²) >= 11 is 1.48. The summed E-state index contributed by atoms with van der Waals surface area (Å²) in [4.78, 5) is 24.1. The number of non-ortho nitro benzene ring substituents is 1. The molecule has 0 aliphatic heterocycles. The molecule has 1 amide bonds. The number of thioether (sulfide) groups is 1. The highest BCUT2D eigenvalue weighted by atomic mass is 32.2. The van der Waals surface area contributed by atoms with Crippen molar-refractivity contribution >= 4 is 44.8 Å². The predicted molar refractivity (Wildman–Crippen MR) is 144 cm³/mol. The van der Waals surface area contributed by atoms with Crippen molar-refractivity contribution in [2.75, 3.05) is 23.7 Å². The minimum Gasteiger partial charge on any atom is -0.494 e. The van der Waals surface area contributed by atoms with E-state index in [2.05, 4.69) is 10.5 Å². The summed E-state index contributed by atoms with van der Waals surface area (Å²) in [6.07, 6.45) is 1.89. The van der Waals surface area contributed by atoms with Gasteiger partial charge in [-0.3, -0.25) is 19.2 Å². The van der Waals surface area contributed by atoms with Crippen LogP contribution in [0.1, 0.15) is 19.4 Å². The van der Waals surface area contributed by atoms with Gasteiger partial charge in [0.15, 0.2) is 0 Å². The number of hydrogen-bond donors (Lipinski definition) is 1. The second kappa shape index (κ2) is 12.4. The van der Waals surface area contributed by atoms with E-state index in [4.69, 9.17) is 4.74 Å². The van der Waals surface area contributed by atoms with Gasteiger partial charge in [-0.2, -0.15) is 5.10 Å². The molecule has 37 heavy (non-hydrogen) atoms. The summed E-state index contributed by atoms with van der Waals surface area (Å²) in [5.74, 6) is -0.0971. The van der Waals surface area contributed by atoms with Crippen LogP contribution in [-0.2, 0) is 14.8 Å². The monoisotopic (exact) mass is 542 g/mol. The van der Waals surface area contributed by atoms with Crippen molar-refractivity contribution in [2.24, 2.45) is 5.10 Å². The Morgan fingerprint density at radius 2 is 1.68 bits per heavy atom. The summed E-state index contributed by atoms with van der Waals surface area (Å²) < 4.78 is 33.5. The molecule has 0 saturated heterocycles. The van der Waals surface area contributed by atoms with E-state index < -0.39 is 27.4 Å². The van der Waals surface area contributed by atoms with Crippen LogP contribution in [0.25, 0.3) is 0 Å². The van der Waals surface area contributed by atoms with E-state index in [1.165, 1.54) is 48.2 Å². The van der Waals surface area contributed by atoms with Gasteiger partial charge in [-0.05, 0) is 86.3 Å². The lowest BCUT2D eigenvalue weighted by Crippen LogP contribution is -2.39. The number of carbonyl (C=O) groups excluding carboxylic acids is 1. The first kappa shape index (κ1) is 27.7. The number of benzene rings is 3. The molecule has 0 atom stereocenters. The van der Waals surface area contributed by atoms with Crippen LogP contribution < -0.4 is 14.5 Å². The lowest BCUT2D eigenvalue weighted by atomic mass is 10.1. The summed E-state index contributed by atoms with van der Waals surface area (Å²) in [6.45, 7) is 3.39. The zero-order valence-corrected chi connectivity index (χ0v) is 22.1. The predicted octanol–water partition coefficient (Wildman–Crippen LogP) is 4.45. The Kier molecular flexibility index (Phi) is 9.25. The Balaban J connectivity index is 1.85. The van der Waals surface area contributed by atoms with Crippen LogP contribution in [0.5, 0.6) is 5.75 Å². The molecule has 0 unspecified atom stereocenters. The average molecular weight is 543 g/mol. The first-order valence-electron chi connectivity index (χ1n) is 11.1. The van der Waals surface area contributed by atoms with Crippen LogP contribution in [0.2, 0.25) is 0 Å². The highest BCUT2D eigenvalue weighted by Gasteiger charge is 2.27. The Bertz CT molecular complexity index is 1370. The van der Waals surface area contributed by atoms with Gasteiger partial charge in [0, 0.05) is 17.0 Å². The number of nitrogens with zero attached hydrogens (tertiary/aromatic N) is 3. The molecular weight excluding hydrogens is 516 g/mol. The van der Waals surface area contributed by atoms with Gasteiger partial charge in [0.05, 0.1) is 27.8 Å². The number of rotatable bonds is 11. The smallest absolute Gasteiger partial charge is 0.269 e. The van der Waals surface area contributed by atoms with E-state index in [9.17, 15) is 23.3 Å². The number of ether oxygens (including phenoxy) is 1. The summed E-state index contributed by atoms with van der Waals surface area (Å²) in [5.41, 5.74) is 3.55. The van der Waals surface area contributed by atoms with E-state index in [1.54, 1.807) is 43.3 Å². The minimum atomic E-state index is -4.09. The quantitative estimate of drug-likeness (QED) is 0.164. The number of nitrogens with one attached hydrogen (secondary N) is 1. The molecule has 0 radical (unpaired) electrons. The van der Waals surface area contributed by atoms with Crippen molar-refractivity contribution in [3.05, 3.63) is 88.5 Å². The van der Waals surface area contributed by atoms with Crippen LogP contribution >= 0.6 is 11.8 Å². The van der Waals surface area contributed by atoms with Gasteiger partial charge in [0.2, 0.25) is 0 Å². The normalized spacial score (nSPS) is 11.6. The summed E-state index contributed by atoms with van der Waals surface area (Å²) in [5, 5.41) is 14.9. The zero-order valence-electron chi connectivity index (χ0n) is 20.5. The second-order valence-electron chi connectivity index (χ2n) is 7.65. The molecule has 0 spiro atoms. The van der Waals surface area contributed by atoms with Gasteiger partial charge < -0.3 is 4.74 Å². The van der Waals surface area contributed by atoms with Crippen molar-refractivity contribution in [1.82, 2.24) is 5.43 Å². The number of amides is 1. The van der Waals surface area contributed by atoms with E-state index in [0.29, 0.717) is 23.6 Å². The highest BCUT2D eigenvalue weighted by Crippen LogP contribution is 2.27. The van der Waals surface area contributed by atoms with E-state index in [1.807, 2.05) is 13.2 Å². The van der Waals surface area contributed by atoms with Crippen LogP contribution in [-0.4, -0.2) is 44.4 Å². The molecule has 0 fully saturated rings. The molecule has 0 bridgehead atoms. The highest BCUT2D eigenvalue weighted by molar-refractivity contribution is 7.98. The van der Waals surface area contributed by atoms with Crippen molar-refractivity contribution in [1.29, 1.82) is 0 Å². The number of carbonyl (C=O) groups is 1. The molecule has 10 nitrogen and oxygen atoms in total. The van der Waals surface area contributed by atoms with Crippen molar-refractivity contribution in [3.8, 4) is 5.75 Å². The number of sulfonamides is 1. The molecule has 3 rings (SSSR count). The first-order valence-corrected chi connectivity index (χ1v) is 13.8.